The average molecular weight is 453 g/mol. The van der Waals surface area contributed by atoms with Gasteiger partial charge < -0.3 is 20.5 Å². The van der Waals surface area contributed by atoms with Crippen molar-refractivity contribution in [3.05, 3.63) is 59.7 Å². The fourth-order valence-corrected chi connectivity index (χ4v) is 4.19. The first-order valence-corrected chi connectivity index (χ1v) is 11.4. The number of carbonyl (C=O) groups excluding carboxylic acids is 2. The molecule has 2 aromatic rings. The van der Waals surface area contributed by atoms with Crippen LogP contribution >= 0.6 is 0 Å². The predicted octanol–water partition coefficient (Wildman–Crippen LogP) is 4.17. The van der Waals surface area contributed by atoms with Crippen LogP contribution in [0.5, 0.6) is 0 Å². The summed E-state index contributed by atoms with van der Waals surface area (Å²) in [7, 11) is 0. The van der Waals surface area contributed by atoms with Crippen molar-refractivity contribution in [1.82, 2.24) is 10.6 Å². The number of aliphatic carboxylic acids is 1. The van der Waals surface area contributed by atoms with Gasteiger partial charge in [-0.3, -0.25) is 4.79 Å². The molecule has 1 aliphatic rings. The highest BCUT2D eigenvalue weighted by Crippen LogP contribution is 2.44. The van der Waals surface area contributed by atoms with Crippen molar-refractivity contribution in [2.24, 2.45) is 11.8 Å². The van der Waals surface area contributed by atoms with Crippen LogP contribution in [0.15, 0.2) is 48.5 Å². The summed E-state index contributed by atoms with van der Waals surface area (Å²) >= 11 is 0. The maximum absolute atomic E-state index is 12.3. The van der Waals surface area contributed by atoms with Gasteiger partial charge in [0, 0.05) is 18.4 Å². The number of carboxylic acids is 1. The van der Waals surface area contributed by atoms with E-state index in [2.05, 4.69) is 34.9 Å². The number of benzene rings is 2. The molecule has 0 saturated heterocycles. The van der Waals surface area contributed by atoms with Crippen LogP contribution in [0.1, 0.15) is 50.7 Å². The highest BCUT2D eigenvalue weighted by atomic mass is 16.5. The number of carboxylic acid groups (broad SMARTS) is 1. The van der Waals surface area contributed by atoms with Gasteiger partial charge in [0.2, 0.25) is 5.91 Å². The molecule has 33 heavy (non-hydrogen) atoms. The fourth-order valence-electron chi connectivity index (χ4n) is 4.19. The first-order chi connectivity index (χ1) is 15.8. The highest BCUT2D eigenvalue weighted by Gasteiger charge is 2.29. The molecule has 3 rings (SSSR count). The van der Waals surface area contributed by atoms with Gasteiger partial charge in [-0.15, -0.1) is 0 Å². The Labute approximate surface area is 194 Å². The van der Waals surface area contributed by atoms with E-state index in [0.29, 0.717) is 19.4 Å². The van der Waals surface area contributed by atoms with E-state index in [1.165, 1.54) is 11.1 Å². The monoisotopic (exact) mass is 452 g/mol. The molecule has 7 heteroatoms. The molecule has 2 unspecified atom stereocenters. The molecule has 0 spiro atoms. The van der Waals surface area contributed by atoms with Crippen molar-refractivity contribution >= 4 is 18.0 Å². The SMILES string of the molecule is CC(CCCNC(=O)OCC1c2ccccc2-c2ccccc21)C(=O)NC(C(=O)O)C(C)C. The number of nitrogens with one attached hydrogen (secondary N) is 2. The molecule has 2 atom stereocenters. The van der Waals surface area contributed by atoms with E-state index in [4.69, 9.17) is 4.74 Å². The Morgan fingerprint density at radius 3 is 2.09 bits per heavy atom. The number of amides is 2. The molecule has 7 nitrogen and oxygen atoms in total. The van der Waals surface area contributed by atoms with Crippen molar-refractivity contribution in [2.45, 2.75) is 45.6 Å². The van der Waals surface area contributed by atoms with Gasteiger partial charge in [-0.2, -0.15) is 0 Å². The van der Waals surface area contributed by atoms with Crippen LogP contribution in [-0.4, -0.2) is 42.3 Å². The third-order valence-corrected chi connectivity index (χ3v) is 6.10. The van der Waals surface area contributed by atoms with Gasteiger partial charge >= 0.3 is 12.1 Å². The molecule has 0 saturated carbocycles. The molecule has 0 fully saturated rings. The van der Waals surface area contributed by atoms with Crippen molar-refractivity contribution in [3.8, 4) is 11.1 Å². The Hall–Kier alpha value is -3.35. The van der Waals surface area contributed by atoms with Gasteiger partial charge in [-0.1, -0.05) is 69.3 Å². The minimum Gasteiger partial charge on any atom is -0.480 e. The molecule has 176 valence electrons. The second kappa shape index (κ2) is 11.0. The van der Waals surface area contributed by atoms with Crippen molar-refractivity contribution < 1.29 is 24.2 Å². The predicted molar refractivity (Wildman–Crippen MR) is 126 cm³/mol. The number of rotatable bonds is 10. The molecule has 1 aliphatic carbocycles. The Kier molecular flexibility index (Phi) is 8.09. The lowest BCUT2D eigenvalue weighted by Crippen LogP contribution is -2.46. The summed E-state index contributed by atoms with van der Waals surface area (Å²) in [5.74, 6) is -1.88. The Morgan fingerprint density at radius 2 is 1.55 bits per heavy atom. The number of fused-ring (bicyclic) bond motifs is 3. The zero-order chi connectivity index (χ0) is 24.0. The molecule has 0 aromatic heterocycles. The average Bonchev–Trinajstić information content (AvgIpc) is 3.12. The number of carbonyl (C=O) groups is 3. The van der Waals surface area contributed by atoms with Crippen molar-refractivity contribution in [1.29, 1.82) is 0 Å². The van der Waals surface area contributed by atoms with E-state index in [1.54, 1.807) is 20.8 Å². The van der Waals surface area contributed by atoms with Crippen LogP contribution < -0.4 is 10.6 Å². The van der Waals surface area contributed by atoms with Crippen LogP contribution in [0, 0.1) is 11.8 Å². The third kappa shape index (κ3) is 5.92. The van der Waals surface area contributed by atoms with Gasteiger partial charge in [0.25, 0.3) is 0 Å². The van der Waals surface area contributed by atoms with Gasteiger partial charge in [-0.05, 0) is 41.0 Å². The molecule has 0 radical (unpaired) electrons. The van der Waals surface area contributed by atoms with Crippen LogP contribution in [0.2, 0.25) is 0 Å². The highest BCUT2D eigenvalue weighted by molar-refractivity contribution is 5.85. The van der Waals surface area contributed by atoms with Crippen LogP contribution in [0.4, 0.5) is 4.79 Å². The smallest absolute Gasteiger partial charge is 0.407 e. The maximum atomic E-state index is 12.3. The lowest BCUT2D eigenvalue weighted by molar-refractivity contribution is -0.143. The van der Waals surface area contributed by atoms with E-state index >= 15 is 0 Å². The van der Waals surface area contributed by atoms with Crippen molar-refractivity contribution in [2.75, 3.05) is 13.2 Å². The largest absolute Gasteiger partial charge is 0.480 e. The van der Waals surface area contributed by atoms with Gasteiger partial charge in [0.15, 0.2) is 0 Å². The summed E-state index contributed by atoms with van der Waals surface area (Å²) in [6.07, 6.45) is 0.623. The summed E-state index contributed by atoms with van der Waals surface area (Å²) in [4.78, 5) is 35.7. The minimum atomic E-state index is -1.04. The Balaban J connectivity index is 1.42. The lowest BCUT2D eigenvalue weighted by atomic mass is 9.98. The van der Waals surface area contributed by atoms with E-state index < -0.39 is 18.1 Å². The first kappa shape index (κ1) is 24.3. The second-order valence-corrected chi connectivity index (χ2v) is 8.86. The summed E-state index contributed by atoms with van der Waals surface area (Å²) in [6, 6.07) is 15.4. The summed E-state index contributed by atoms with van der Waals surface area (Å²) in [6.45, 7) is 5.89. The van der Waals surface area contributed by atoms with Crippen LogP contribution in [-0.2, 0) is 14.3 Å². The van der Waals surface area contributed by atoms with Crippen molar-refractivity contribution in [3.63, 3.8) is 0 Å². The normalized spacial score (nSPS) is 14.2. The Morgan fingerprint density at radius 1 is 0.970 bits per heavy atom. The van der Waals surface area contributed by atoms with E-state index in [9.17, 15) is 19.5 Å². The first-order valence-electron chi connectivity index (χ1n) is 11.4. The topological polar surface area (TPSA) is 105 Å². The zero-order valence-corrected chi connectivity index (χ0v) is 19.3. The van der Waals surface area contributed by atoms with E-state index in [1.807, 2.05) is 24.3 Å². The second-order valence-electron chi connectivity index (χ2n) is 8.86. The minimum absolute atomic E-state index is 0.00927. The maximum Gasteiger partial charge on any atom is 0.407 e. The van der Waals surface area contributed by atoms with Gasteiger partial charge in [0.05, 0.1) is 0 Å². The van der Waals surface area contributed by atoms with Crippen LogP contribution in [0.25, 0.3) is 11.1 Å². The molecule has 2 aromatic carbocycles. The fraction of sp³-hybridized carbons (Fsp3) is 0.423. The number of hydrogen-bond donors (Lipinski definition) is 3. The van der Waals surface area contributed by atoms with E-state index in [0.717, 1.165) is 11.1 Å². The lowest BCUT2D eigenvalue weighted by Gasteiger charge is -2.20. The van der Waals surface area contributed by atoms with Crippen LogP contribution in [0.3, 0.4) is 0 Å². The quantitative estimate of drug-likeness (QED) is 0.470. The molecule has 2 amide bonds. The molecule has 0 bridgehead atoms. The number of alkyl carbamates (subject to hydrolysis) is 1. The zero-order valence-electron chi connectivity index (χ0n) is 19.3. The number of ether oxygens (including phenoxy) is 1. The molecular weight excluding hydrogens is 420 g/mol. The van der Waals surface area contributed by atoms with E-state index in [-0.39, 0.29) is 30.3 Å². The summed E-state index contributed by atoms with van der Waals surface area (Å²) in [5, 5.41) is 14.5. The molecular formula is C26H32N2O5. The van der Waals surface area contributed by atoms with Gasteiger partial charge in [0.1, 0.15) is 12.6 Å². The molecule has 3 N–H and O–H groups in total. The van der Waals surface area contributed by atoms with Gasteiger partial charge in [-0.25, -0.2) is 9.59 Å². The summed E-state index contributed by atoms with van der Waals surface area (Å²) < 4.78 is 5.50. The summed E-state index contributed by atoms with van der Waals surface area (Å²) in [5.41, 5.74) is 4.67. The molecule has 0 heterocycles. The standard InChI is InChI=1S/C26H32N2O5/c1-16(2)23(25(30)31)28-24(29)17(3)9-8-14-27-26(32)33-15-22-20-12-6-4-10-18(20)19-11-5-7-13-21(19)22/h4-7,10-13,16-17,22-23H,8-9,14-15H2,1-3H3,(H,27,32)(H,28,29)(H,30,31). The third-order valence-electron chi connectivity index (χ3n) is 6.10. The molecule has 0 aliphatic heterocycles. The number of hydrogen-bond acceptors (Lipinski definition) is 4. The Bertz CT molecular complexity index is 958.